The van der Waals surface area contributed by atoms with Gasteiger partial charge in [-0.2, -0.15) is 13.2 Å². The smallest absolute Gasteiger partial charge is 0.390 e. The van der Waals surface area contributed by atoms with Crippen LogP contribution in [0, 0.1) is 5.92 Å². The number of rotatable bonds is 4. The Labute approximate surface area is 88.1 Å². The van der Waals surface area contributed by atoms with E-state index >= 15 is 0 Å². The Morgan fingerprint density at radius 1 is 1.33 bits per heavy atom. The summed E-state index contributed by atoms with van der Waals surface area (Å²) in [5.41, 5.74) is 0. The molecule has 1 aliphatic heterocycles. The van der Waals surface area contributed by atoms with E-state index in [1.165, 1.54) is 0 Å². The van der Waals surface area contributed by atoms with E-state index in [2.05, 4.69) is 0 Å². The molecule has 0 amide bonds. The maximum absolute atomic E-state index is 12.0. The molecule has 1 fully saturated rings. The van der Waals surface area contributed by atoms with Crippen LogP contribution in [-0.4, -0.2) is 42.4 Å². The number of nitrogens with zero attached hydrogens (tertiary/aromatic N) is 1. The van der Waals surface area contributed by atoms with Gasteiger partial charge in [0.2, 0.25) is 0 Å². The molecule has 1 aliphatic rings. The van der Waals surface area contributed by atoms with Crippen molar-refractivity contribution in [3.05, 3.63) is 0 Å². The normalized spacial score (nSPS) is 24.4. The van der Waals surface area contributed by atoms with Gasteiger partial charge in [0, 0.05) is 19.7 Å². The van der Waals surface area contributed by atoms with Crippen LogP contribution in [0.3, 0.4) is 0 Å². The van der Waals surface area contributed by atoms with Crippen molar-refractivity contribution >= 4 is 0 Å². The maximum atomic E-state index is 12.0. The molecule has 1 unspecified atom stereocenters. The second kappa shape index (κ2) is 5.70. The van der Waals surface area contributed by atoms with Crippen LogP contribution in [0.15, 0.2) is 0 Å². The molecule has 90 valence electrons. The molecule has 2 nitrogen and oxygen atoms in total. The van der Waals surface area contributed by atoms with Gasteiger partial charge in [0.05, 0.1) is 6.42 Å². The average molecular weight is 225 g/mol. The summed E-state index contributed by atoms with van der Waals surface area (Å²) in [7, 11) is 0. The van der Waals surface area contributed by atoms with Crippen molar-refractivity contribution < 1.29 is 18.3 Å². The predicted molar refractivity (Wildman–Crippen MR) is 51.5 cm³/mol. The van der Waals surface area contributed by atoms with Crippen LogP contribution in [0.2, 0.25) is 0 Å². The number of hydrogen-bond acceptors (Lipinski definition) is 2. The summed E-state index contributed by atoms with van der Waals surface area (Å²) in [6.45, 7) is 1.71. The SMILES string of the molecule is OCCC1CCCN(CCC(F)(F)F)C1. The first-order valence-electron chi connectivity index (χ1n) is 5.41. The van der Waals surface area contributed by atoms with Gasteiger partial charge in [0.25, 0.3) is 0 Å². The van der Waals surface area contributed by atoms with Crippen molar-refractivity contribution in [1.82, 2.24) is 4.90 Å². The number of aliphatic hydroxyl groups is 1. The highest BCUT2D eigenvalue weighted by atomic mass is 19.4. The van der Waals surface area contributed by atoms with E-state index in [0.29, 0.717) is 18.9 Å². The molecule has 1 heterocycles. The monoisotopic (exact) mass is 225 g/mol. The van der Waals surface area contributed by atoms with Gasteiger partial charge in [-0.05, 0) is 31.7 Å². The van der Waals surface area contributed by atoms with Gasteiger partial charge in [0.15, 0.2) is 0 Å². The zero-order valence-corrected chi connectivity index (χ0v) is 8.76. The molecule has 5 heteroatoms. The Hall–Kier alpha value is -0.290. The van der Waals surface area contributed by atoms with Crippen molar-refractivity contribution in [3.63, 3.8) is 0 Å². The topological polar surface area (TPSA) is 23.5 Å². The van der Waals surface area contributed by atoms with Gasteiger partial charge in [-0.15, -0.1) is 0 Å². The standard InChI is InChI=1S/C10H18F3NO/c11-10(12,13)4-6-14-5-1-2-9(8-14)3-7-15/h9,15H,1-8H2. The summed E-state index contributed by atoms with van der Waals surface area (Å²) >= 11 is 0. The van der Waals surface area contributed by atoms with Gasteiger partial charge in [-0.25, -0.2) is 0 Å². The van der Waals surface area contributed by atoms with E-state index in [4.69, 9.17) is 5.11 Å². The van der Waals surface area contributed by atoms with E-state index in [-0.39, 0.29) is 13.2 Å². The van der Waals surface area contributed by atoms with Crippen LogP contribution in [0.25, 0.3) is 0 Å². The highest BCUT2D eigenvalue weighted by molar-refractivity contribution is 4.73. The Balaban J connectivity index is 2.24. The molecule has 0 aliphatic carbocycles. The molecular weight excluding hydrogens is 207 g/mol. The molecule has 0 aromatic carbocycles. The minimum Gasteiger partial charge on any atom is -0.396 e. The van der Waals surface area contributed by atoms with Gasteiger partial charge >= 0.3 is 6.18 Å². The quantitative estimate of drug-likeness (QED) is 0.791. The lowest BCUT2D eigenvalue weighted by Gasteiger charge is -2.32. The highest BCUT2D eigenvalue weighted by Crippen LogP contribution is 2.23. The van der Waals surface area contributed by atoms with Crippen molar-refractivity contribution in [2.45, 2.75) is 31.9 Å². The average Bonchev–Trinajstić information content (AvgIpc) is 2.15. The second-order valence-electron chi connectivity index (χ2n) is 4.19. The minimum atomic E-state index is -4.05. The van der Waals surface area contributed by atoms with Crippen LogP contribution in [0.1, 0.15) is 25.7 Å². The molecule has 1 atom stereocenters. The lowest BCUT2D eigenvalue weighted by atomic mass is 9.95. The van der Waals surface area contributed by atoms with Crippen molar-refractivity contribution in [1.29, 1.82) is 0 Å². The van der Waals surface area contributed by atoms with Crippen molar-refractivity contribution in [2.24, 2.45) is 5.92 Å². The number of piperidine rings is 1. The molecule has 0 aromatic rings. The molecular formula is C10H18F3NO. The van der Waals surface area contributed by atoms with Crippen LogP contribution in [0.5, 0.6) is 0 Å². The zero-order chi connectivity index (χ0) is 11.3. The Morgan fingerprint density at radius 3 is 2.67 bits per heavy atom. The zero-order valence-electron chi connectivity index (χ0n) is 8.76. The Morgan fingerprint density at radius 2 is 2.07 bits per heavy atom. The maximum Gasteiger partial charge on any atom is 0.390 e. The highest BCUT2D eigenvalue weighted by Gasteiger charge is 2.29. The molecule has 0 aromatic heterocycles. The number of aliphatic hydroxyl groups excluding tert-OH is 1. The summed E-state index contributed by atoms with van der Waals surface area (Å²) in [5.74, 6) is 0.372. The molecule has 0 saturated carbocycles. The Bertz CT molecular complexity index is 182. The van der Waals surface area contributed by atoms with Crippen LogP contribution < -0.4 is 0 Å². The molecule has 15 heavy (non-hydrogen) atoms. The van der Waals surface area contributed by atoms with Gasteiger partial charge in [-0.3, -0.25) is 0 Å². The van der Waals surface area contributed by atoms with E-state index in [9.17, 15) is 13.2 Å². The summed E-state index contributed by atoms with van der Waals surface area (Å²) in [6.07, 6.45) is -2.09. The number of alkyl halides is 3. The van der Waals surface area contributed by atoms with Crippen molar-refractivity contribution in [3.8, 4) is 0 Å². The van der Waals surface area contributed by atoms with E-state index in [1.54, 1.807) is 0 Å². The Kier molecular flexibility index (Phi) is 4.86. The summed E-state index contributed by atoms with van der Waals surface area (Å²) < 4.78 is 36.0. The number of halogens is 3. The van der Waals surface area contributed by atoms with Gasteiger partial charge < -0.3 is 10.0 Å². The molecule has 0 spiro atoms. The lowest BCUT2D eigenvalue weighted by Crippen LogP contribution is -2.37. The van der Waals surface area contributed by atoms with Gasteiger partial charge in [-0.1, -0.05) is 0 Å². The third-order valence-corrected chi connectivity index (χ3v) is 2.85. The fourth-order valence-corrected chi connectivity index (χ4v) is 2.06. The van der Waals surface area contributed by atoms with E-state index < -0.39 is 12.6 Å². The fourth-order valence-electron chi connectivity index (χ4n) is 2.06. The van der Waals surface area contributed by atoms with Gasteiger partial charge in [0.1, 0.15) is 0 Å². The first kappa shape index (κ1) is 12.8. The van der Waals surface area contributed by atoms with Crippen LogP contribution in [-0.2, 0) is 0 Å². The van der Waals surface area contributed by atoms with Crippen molar-refractivity contribution in [2.75, 3.05) is 26.2 Å². The number of likely N-dealkylation sites (tertiary alicyclic amines) is 1. The molecule has 1 rings (SSSR count). The first-order chi connectivity index (χ1) is 7.01. The summed E-state index contributed by atoms with van der Waals surface area (Å²) in [6, 6.07) is 0. The minimum absolute atomic E-state index is 0.103. The van der Waals surface area contributed by atoms with E-state index in [0.717, 1.165) is 19.4 Å². The molecule has 0 radical (unpaired) electrons. The van der Waals surface area contributed by atoms with Crippen LogP contribution >= 0.6 is 0 Å². The molecule has 1 N–H and O–H groups in total. The van der Waals surface area contributed by atoms with Crippen LogP contribution in [0.4, 0.5) is 13.2 Å². The summed E-state index contributed by atoms with van der Waals surface area (Å²) in [5, 5.41) is 8.77. The first-order valence-corrected chi connectivity index (χ1v) is 5.41. The molecule has 0 bridgehead atoms. The second-order valence-corrected chi connectivity index (χ2v) is 4.19. The molecule has 1 saturated heterocycles. The van der Waals surface area contributed by atoms with E-state index in [1.807, 2.05) is 4.90 Å². The lowest BCUT2D eigenvalue weighted by molar-refractivity contribution is -0.138. The number of hydrogen-bond donors (Lipinski definition) is 1. The predicted octanol–water partition coefficient (Wildman–Crippen LogP) is 2.03. The largest absolute Gasteiger partial charge is 0.396 e. The third-order valence-electron chi connectivity index (χ3n) is 2.85. The fraction of sp³-hybridized carbons (Fsp3) is 1.00. The summed E-state index contributed by atoms with van der Waals surface area (Å²) in [4.78, 5) is 1.86. The third kappa shape index (κ3) is 5.37.